The Morgan fingerprint density at radius 3 is 2.75 bits per heavy atom. The van der Waals surface area contributed by atoms with Gasteiger partial charge in [-0.3, -0.25) is 0 Å². The third-order valence-electron chi connectivity index (χ3n) is 0.457. The molecular weight excluding hydrogens is 114 g/mol. The molecule has 0 saturated heterocycles. The topological polar surface area (TPSA) is 80.6 Å². The molecule has 1 aliphatic rings. The molecule has 7 nitrogen and oxygen atoms in total. The van der Waals surface area contributed by atoms with E-state index in [1.165, 1.54) is 0 Å². The lowest BCUT2D eigenvalue weighted by molar-refractivity contribution is -0.905. The Morgan fingerprint density at radius 1 is 1.75 bits per heavy atom. The number of rotatable bonds is 1. The summed E-state index contributed by atoms with van der Waals surface area (Å²) < 4.78 is 0. The number of hydrazone groups is 1. The van der Waals surface area contributed by atoms with E-state index >= 15 is 0 Å². The Hall–Kier alpha value is -1.62. The molecule has 0 fully saturated rings. The van der Waals surface area contributed by atoms with E-state index in [9.17, 15) is 4.91 Å². The molecule has 0 aromatic carbocycles. The van der Waals surface area contributed by atoms with Gasteiger partial charge in [0.1, 0.15) is 0 Å². The van der Waals surface area contributed by atoms with Gasteiger partial charge in [0.25, 0.3) is 5.11 Å². The smallest absolute Gasteiger partial charge is 0.321 e. The molecular formula is CHN5O2+2. The van der Waals surface area contributed by atoms with Gasteiger partial charge < -0.3 is 5.21 Å². The molecule has 0 bridgehead atoms. The number of hydrogen-bond acceptors (Lipinski definition) is 4. The fourth-order valence-electron chi connectivity index (χ4n) is 0.212. The highest BCUT2D eigenvalue weighted by molar-refractivity contribution is 5.54. The van der Waals surface area contributed by atoms with Gasteiger partial charge >= 0.3 is 11.4 Å². The van der Waals surface area contributed by atoms with Gasteiger partial charge in [0.15, 0.2) is 0 Å². The van der Waals surface area contributed by atoms with Crippen LogP contribution < -0.4 is 0 Å². The maximum Gasteiger partial charge on any atom is 0.701 e. The third-order valence-corrected chi connectivity index (χ3v) is 0.457. The minimum atomic E-state index is -0.566. The van der Waals surface area contributed by atoms with Crippen LogP contribution in [0, 0.1) is 4.91 Å². The van der Waals surface area contributed by atoms with Crippen LogP contribution in [0.5, 0.6) is 0 Å². The molecule has 0 atom stereocenters. The van der Waals surface area contributed by atoms with Crippen molar-refractivity contribution in [2.75, 3.05) is 0 Å². The molecule has 1 rings (SSSR count). The van der Waals surface area contributed by atoms with Crippen molar-refractivity contribution >= 4 is 6.34 Å². The van der Waals surface area contributed by atoms with Gasteiger partial charge in [0.05, 0.1) is 0 Å². The summed E-state index contributed by atoms with van der Waals surface area (Å²) in [6, 6.07) is 0. The summed E-state index contributed by atoms with van der Waals surface area (Å²) in [6.45, 7) is 0. The normalized spacial score (nSPS) is 14.2. The quantitative estimate of drug-likeness (QED) is 0.372. The van der Waals surface area contributed by atoms with Crippen molar-refractivity contribution in [1.82, 2.24) is 5.23 Å². The summed E-state index contributed by atoms with van der Waals surface area (Å²) in [5, 5.41) is 16.8. The van der Waals surface area contributed by atoms with Crippen LogP contribution in [0.1, 0.15) is 0 Å². The molecule has 0 aromatic rings. The molecule has 0 unspecified atom stereocenters. The lowest BCUT2D eigenvalue weighted by Gasteiger charge is -1.77. The lowest BCUT2D eigenvalue weighted by Crippen LogP contribution is -2.17. The average molecular weight is 115 g/mol. The van der Waals surface area contributed by atoms with Crippen LogP contribution in [0.15, 0.2) is 15.4 Å². The molecule has 1 heterocycles. The van der Waals surface area contributed by atoms with E-state index in [-0.39, 0.29) is 0 Å². The van der Waals surface area contributed by atoms with Gasteiger partial charge in [-0.2, -0.15) is 0 Å². The molecule has 0 aliphatic carbocycles. The number of hydrogen-bond donors (Lipinski definition) is 1. The Morgan fingerprint density at radius 2 is 2.50 bits per heavy atom. The zero-order valence-corrected chi connectivity index (χ0v) is 3.59. The van der Waals surface area contributed by atoms with E-state index in [1.807, 2.05) is 6.34 Å². The van der Waals surface area contributed by atoms with E-state index in [4.69, 9.17) is 5.21 Å². The summed E-state index contributed by atoms with van der Waals surface area (Å²) in [5.41, 5.74) is 0. The number of nitrogens with zero attached hydrogens (tertiary/aromatic N) is 5. The van der Waals surface area contributed by atoms with E-state index < -0.39 is 5.03 Å². The predicted octanol–water partition coefficient (Wildman–Crippen LogP) is -0.427. The van der Waals surface area contributed by atoms with Crippen molar-refractivity contribution in [2.24, 2.45) is 15.4 Å². The minimum absolute atomic E-state index is 0.333. The first-order chi connectivity index (χ1) is 3.80. The number of hydrazine groups is 1. The zero-order valence-electron chi connectivity index (χ0n) is 3.59. The fourth-order valence-corrected chi connectivity index (χ4v) is 0.212. The molecule has 0 aromatic heterocycles. The second-order valence-electron chi connectivity index (χ2n) is 0.911. The van der Waals surface area contributed by atoms with Gasteiger partial charge in [-0.05, 0) is 4.91 Å². The van der Waals surface area contributed by atoms with Gasteiger partial charge in [-0.15, -0.1) is 0 Å². The van der Waals surface area contributed by atoms with Crippen molar-refractivity contribution in [2.45, 2.75) is 0 Å². The molecule has 8 heavy (non-hydrogen) atoms. The predicted molar refractivity (Wildman–Crippen MR) is 19.5 cm³/mol. The van der Waals surface area contributed by atoms with E-state index in [1.54, 1.807) is 0 Å². The average Bonchev–Trinajstić information content (AvgIpc) is 2.12. The molecule has 0 saturated carbocycles. The van der Waals surface area contributed by atoms with Gasteiger partial charge in [0, 0.05) is 0 Å². The fraction of sp³-hybridized carbons (Fsp3) is 0. The zero-order chi connectivity index (χ0) is 5.98. The molecule has 1 aliphatic heterocycles. The highest BCUT2D eigenvalue weighted by Gasteiger charge is 2.32. The second-order valence-corrected chi connectivity index (χ2v) is 0.911. The summed E-state index contributed by atoms with van der Waals surface area (Å²) in [6.07, 6.45) is 1.96. The van der Waals surface area contributed by atoms with Crippen LogP contribution in [0.2, 0.25) is 0 Å². The van der Waals surface area contributed by atoms with Crippen LogP contribution in [-0.2, 0) is 0 Å². The highest BCUT2D eigenvalue weighted by atomic mass is 16.7. The first kappa shape index (κ1) is 4.54. The van der Waals surface area contributed by atoms with Crippen LogP contribution in [0.25, 0.3) is 0 Å². The van der Waals surface area contributed by atoms with Crippen molar-refractivity contribution < 1.29 is 10.2 Å². The van der Waals surface area contributed by atoms with Crippen LogP contribution >= 0.6 is 0 Å². The molecule has 1 N–H and O–H groups in total. The first-order valence-corrected chi connectivity index (χ1v) is 1.63. The monoisotopic (exact) mass is 115 g/mol. The van der Waals surface area contributed by atoms with Gasteiger partial charge in [0.2, 0.25) is 15.5 Å². The summed E-state index contributed by atoms with van der Waals surface area (Å²) >= 11 is 0. The van der Waals surface area contributed by atoms with Crippen molar-refractivity contribution in [3.8, 4) is 0 Å². The first-order valence-electron chi connectivity index (χ1n) is 1.63. The summed E-state index contributed by atoms with van der Waals surface area (Å²) in [5.74, 6) is 0. The molecule has 0 radical (unpaired) electrons. The Balaban J connectivity index is 2.62. The maximum absolute atomic E-state index is 9.76. The van der Waals surface area contributed by atoms with Crippen LogP contribution in [-0.4, -0.2) is 21.8 Å². The highest BCUT2D eigenvalue weighted by Crippen LogP contribution is 1.94. The molecule has 0 amide bonds. The van der Waals surface area contributed by atoms with Crippen LogP contribution in [0.4, 0.5) is 0 Å². The largest absolute Gasteiger partial charge is 0.701 e. The second kappa shape index (κ2) is 1.47. The maximum atomic E-state index is 9.76. The molecule has 7 heteroatoms. The molecule has 0 spiro atoms. The Bertz CT molecular complexity index is 148. The van der Waals surface area contributed by atoms with Gasteiger partial charge in [-0.1, -0.05) is 0 Å². The standard InChI is InChI=1S/CHN5O2/c7-6(8)5-3-1-2-4-5/h(H,7,8)/q+2. The SMILES string of the molecule is O=[N+](O)N1N=[C+]N=N1. The molecule has 40 valence electrons. The summed E-state index contributed by atoms with van der Waals surface area (Å²) in [4.78, 5) is 9.76. The van der Waals surface area contributed by atoms with E-state index in [0.717, 1.165) is 0 Å². The minimum Gasteiger partial charge on any atom is -0.321 e. The summed E-state index contributed by atoms with van der Waals surface area (Å²) in [7, 11) is 0. The Labute approximate surface area is 43.4 Å². The van der Waals surface area contributed by atoms with Gasteiger partial charge in [-0.25, -0.2) is 0 Å². The van der Waals surface area contributed by atoms with Crippen molar-refractivity contribution in [1.29, 1.82) is 0 Å². The van der Waals surface area contributed by atoms with E-state index in [2.05, 4.69) is 15.4 Å². The Kier molecular flexibility index (Phi) is 0.833. The van der Waals surface area contributed by atoms with Crippen molar-refractivity contribution in [3.05, 3.63) is 4.91 Å². The third kappa shape index (κ3) is 0.569. The van der Waals surface area contributed by atoms with E-state index in [0.29, 0.717) is 5.23 Å². The van der Waals surface area contributed by atoms with Crippen molar-refractivity contribution in [3.63, 3.8) is 0 Å². The van der Waals surface area contributed by atoms with Crippen LogP contribution in [0.3, 0.4) is 0 Å². The lowest BCUT2D eigenvalue weighted by atomic mass is 11.4.